The van der Waals surface area contributed by atoms with Crippen molar-refractivity contribution in [3.05, 3.63) is 32.6 Å². The number of nitriles is 1. The molecule has 1 N–H and O–H groups in total. The number of nitrogens with zero attached hydrogens (tertiary/aromatic N) is 2. The van der Waals surface area contributed by atoms with Crippen LogP contribution in [0.15, 0.2) is 15.8 Å². The molecule has 1 aromatic heterocycles. The van der Waals surface area contributed by atoms with E-state index >= 15 is 0 Å². The Bertz CT molecular complexity index is 622. The molecule has 1 heterocycles. The van der Waals surface area contributed by atoms with Crippen LogP contribution in [0.2, 0.25) is 0 Å². The van der Waals surface area contributed by atoms with Crippen molar-refractivity contribution in [2.45, 2.75) is 32.2 Å². The van der Waals surface area contributed by atoms with E-state index in [-0.39, 0.29) is 5.56 Å². The second kappa shape index (κ2) is 4.13. The minimum absolute atomic E-state index is 0.0118. The zero-order valence-electron chi connectivity index (χ0n) is 10.1. The van der Waals surface area contributed by atoms with E-state index < -0.39 is 11.2 Å². The molecule has 0 aromatic carbocycles. The maximum atomic E-state index is 11.7. The fraction of sp³-hybridized carbons (Fsp3) is 0.615. The predicted octanol–water partition coefficient (Wildman–Crippen LogP) is 0.844. The number of aromatic amines is 1. The summed E-state index contributed by atoms with van der Waals surface area (Å²) in [6.45, 7) is 0.630. The molecule has 0 saturated heterocycles. The highest BCUT2D eigenvalue weighted by molar-refractivity contribution is 5.21. The first-order valence-electron chi connectivity index (χ1n) is 6.41. The second-order valence-electron chi connectivity index (χ2n) is 5.50. The summed E-state index contributed by atoms with van der Waals surface area (Å²) in [5.41, 5.74) is -0.980. The normalized spacial score (nSPS) is 29.4. The SMILES string of the molecule is N#Cc1cn(CC2CC3CCC2C3)c(=O)[nH]c1=O. The van der Waals surface area contributed by atoms with Crippen LogP contribution in [-0.2, 0) is 6.54 Å². The Kier molecular flexibility index (Phi) is 2.58. The van der Waals surface area contributed by atoms with Crippen molar-refractivity contribution in [1.82, 2.24) is 9.55 Å². The van der Waals surface area contributed by atoms with Gasteiger partial charge in [-0.2, -0.15) is 5.26 Å². The zero-order valence-corrected chi connectivity index (χ0v) is 10.1. The molecule has 3 atom stereocenters. The lowest BCUT2D eigenvalue weighted by atomic mass is 9.89. The molecule has 0 radical (unpaired) electrons. The lowest BCUT2D eigenvalue weighted by Gasteiger charge is -2.22. The summed E-state index contributed by atoms with van der Waals surface area (Å²) in [7, 11) is 0. The monoisotopic (exact) mass is 245 g/mol. The molecule has 2 aliphatic carbocycles. The van der Waals surface area contributed by atoms with Crippen molar-refractivity contribution in [2.75, 3.05) is 0 Å². The number of fused-ring (bicyclic) bond motifs is 2. The summed E-state index contributed by atoms with van der Waals surface area (Å²) in [5.74, 6) is 2.08. The third kappa shape index (κ3) is 1.78. The van der Waals surface area contributed by atoms with Gasteiger partial charge in [-0.3, -0.25) is 14.3 Å². The van der Waals surface area contributed by atoms with E-state index in [0.29, 0.717) is 12.5 Å². The van der Waals surface area contributed by atoms with Crippen LogP contribution in [0.3, 0.4) is 0 Å². The molecule has 18 heavy (non-hydrogen) atoms. The van der Waals surface area contributed by atoms with Gasteiger partial charge in [0.05, 0.1) is 0 Å². The van der Waals surface area contributed by atoms with Gasteiger partial charge in [0, 0.05) is 12.7 Å². The van der Waals surface area contributed by atoms with Crippen molar-refractivity contribution in [3.63, 3.8) is 0 Å². The summed E-state index contributed by atoms with van der Waals surface area (Å²) in [6.07, 6.45) is 6.45. The molecule has 5 heteroatoms. The Labute approximate surface area is 104 Å². The zero-order chi connectivity index (χ0) is 12.7. The third-order valence-corrected chi connectivity index (χ3v) is 4.45. The minimum atomic E-state index is -0.591. The standard InChI is InChI=1S/C13H15N3O2/c14-5-11-7-16(13(18)15-12(11)17)6-10-4-8-1-2-9(10)3-8/h7-10H,1-4,6H2,(H,15,17,18). The largest absolute Gasteiger partial charge is 0.328 e. The first kappa shape index (κ1) is 11.3. The summed E-state index contributed by atoms with van der Waals surface area (Å²) in [4.78, 5) is 25.2. The van der Waals surface area contributed by atoms with Crippen LogP contribution in [0.4, 0.5) is 0 Å². The molecule has 5 nitrogen and oxygen atoms in total. The van der Waals surface area contributed by atoms with Gasteiger partial charge >= 0.3 is 5.69 Å². The van der Waals surface area contributed by atoms with Crippen molar-refractivity contribution in [2.24, 2.45) is 17.8 Å². The van der Waals surface area contributed by atoms with E-state index in [1.807, 2.05) is 6.07 Å². The number of hydrogen-bond acceptors (Lipinski definition) is 3. The number of nitrogens with one attached hydrogen (secondary N) is 1. The Hall–Kier alpha value is -1.83. The Morgan fingerprint density at radius 1 is 1.39 bits per heavy atom. The van der Waals surface area contributed by atoms with Crippen LogP contribution >= 0.6 is 0 Å². The summed E-state index contributed by atoms with van der Waals surface area (Å²) >= 11 is 0. The van der Waals surface area contributed by atoms with Crippen molar-refractivity contribution in [3.8, 4) is 6.07 Å². The number of aromatic nitrogens is 2. The van der Waals surface area contributed by atoms with Crippen LogP contribution in [0.25, 0.3) is 0 Å². The van der Waals surface area contributed by atoms with E-state index in [0.717, 1.165) is 11.8 Å². The average molecular weight is 245 g/mol. The van der Waals surface area contributed by atoms with Crippen LogP contribution < -0.4 is 11.2 Å². The van der Waals surface area contributed by atoms with Gasteiger partial charge in [0.15, 0.2) is 0 Å². The van der Waals surface area contributed by atoms with Crippen molar-refractivity contribution in [1.29, 1.82) is 5.26 Å². The molecule has 0 amide bonds. The number of hydrogen-bond donors (Lipinski definition) is 1. The maximum Gasteiger partial charge on any atom is 0.328 e. The molecule has 3 unspecified atom stereocenters. The molecule has 0 spiro atoms. The van der Waals surface area contributed by atoms with E-state index in [1.54, 1.807) is 0 Å². The molecule has 2 saturated carbocycles. The van der Waals surface area contributed by atoms with Gasteiger partial charge in [0.25, 0.3) is 5.56 Å². The fourth-order valence-corrected chi connectivity index (χ4v) is 3.58. The van der Waals surface area contributed by atoms with Gasteiger partial charge in [0.1, 0.15) is 11.6 Å². The Balaban J connectivity index is 1.87. The first-order valence-corrected chi connectivity index (χ1v) is 6.41. The summed E-state index contributed by atoms with van der Waals surface area (Å²) < 4.78 is 1.49. The molecule has 2 aliphatic rings. The van der Waals surface area contributed by atoms with E-state index in [2.05, 4.69) is 4.98 Å². The lowest BCUT2D eigenvalue weighted by Crippen LogP contribution is -2.33. The highest BCUT2D eigenvalue weighted by Crippen LogP contribution is 2.48. The molecule has 1 aromatic rings. The number of rotatable bonds is 2. The molecule has 2 fully saturated rings. The van der Waals surface area contributed by atoms with Gasteiger partial charge in [0.2, 0.25) is 0 Å². The van der Waals surface area contributed by atoms with Crippen molar-refractivity contribution < 1.29 is 0 Å². The van der Waals surface area contributed by atoms with Crippen molar-refractivity contribution >= 4 is 0 Å². The van der Waals surface area contributed by atoms with Gasteiger partial charge in [-0.15, -0.1) is 0 Å². The molecule has 2 bridgehead atoms. The van der Waals surface area contributed by atoms with E-state index in [4.69, 9.17) is 5.26 Å². The van der Waals surface area contributed by atoms with Gasteiger partial charge in [-0.1, -0.05) is 6.42 Å². The fourth-order valence-electron chi connectivity index (χ4n) is 3.58. The van der Waals surface area contributed by atoms with E-state index in [1.165, 1.54) is 36.4 Å². The molecular formula is C13H15N3O2. The van der Waals surface area contributed by atoms with Crippen LogP contribution in [-0.4, -0.2) is 9.55 Å². The van der Waals surface area contributed by atoms with Gasteiger partial charge in [-0.05, 0) is 37.0 Å². The topological polar surface area (TPSA) is 78.7 Å². The second-order valence-corrected chi connectivity index (χ2v) is 5.50. The summed E-state index contributed by atoms with van der Waals surface area (Å²) in [6, 6.07) is 1.82. The molecule has 94 valence electrons. The Morgan fingerprint density at radius 2 is 2.22 bits per heavy atom. The average Bonchev–Trinajstić information content (AvgIpc) is 2.94. The highest BCUT2D eigenvalue weighted by Gasteiger charge is 2.39. The number of H-pyrrole nitrogens is 1. The Morgan fingerprint density at radius 3 is 2.83 bits per heavy atom. The lowest BCUT2D eigenvalue weighted by molar-refractivity contribution is 0.291. The van der Waals surface area contributed by atoms with Gasteiger partial charge in [-0.25, -0.2) is 4.79 Å². The smallest absolute Gasteiger partial charge is 0.299 e. The first-order chi connectivity index (χ1) is 8.67. The minimum Gasteiger partial charge on any atom is -0.299 e. The summed E-state index contributed by atoms with van der Waals surface area (Å²) in [5, 5.41) is 8.81. The van der Waals surface area contributed by atoms with E-state index in [9.17, 15) is 9.59 Å². The van der Waals surface area contributed by atoms with Crippen LogP contribution in [0.5, 0.6) is 0 Å². The molecule has 3 rings (SSSR count). The van der Waals surface area contributed by atoms with Crippen LogP contribution in [0.1, 0.15) is 31.2 Å². The quantitative estimate of drug-likeness (QED) is 0.838. The van der Waals surface area contributed by atoms with Gasteiger partial charge < -0.3 is 0 Å². The van der Waals surface area contributed by atoms with Crippen LogP contribution in [0, 0.1) is 29.1 Å². The highest BCUT2D eigenvalue weighted by atomic mass is 16.2. The third-order valence-electron chi connectivity index (χ3n) is 4.45. The predicted molar refractivity (Wildman–Crippen MR) is 65.0 cm³/mol. The maximum absolute atomic E-state index is 11.7. The molecule has 0 aliphatic heterocycles. The molecular weight excluding hydrogens is 230 g/mol.